The fraction of sp³-hybridized carbons (Fsp3) is 0.273. The van der Waals surface area contributed by atoms with E-state index in [2.05, 4.69) is 37.1 Å². The fourth-order valence-electron chi connectivity index (χ4n) is 1.66. The quantitative estimate of drug-likeness (QED) is 0.764. The van der Waals surface area contributed by atoms with Gasteiger partial charge in [0, 0.05) is 4.70 Å². The topological polar surface area (TPSA) is 9.23 Å². The molecule has 14 heavy (non-hydrogen) atoms. The standard InChI is InChI=1S/C11H12OS2/c1-3-7-8-4-5-14-10(8)6-9(12-2)11(7)13/h4-6,13H,3H2,1-2H3. The van der Waals surface area contributed by atoms with Crippen LogP contribution in [-0.2, 0) is 6.42 Å². The van der Waals surface area contributed by atoms with Gasteiger partial charge >= 0.3 is 0 Å². The minimum absolute atomic E-state index is 0.875. The summed E-state index contributed by atoms with van der Waals surface area (Å²) in [5.74, 6) is 0.875. The first-order chi connectivity index (χ1) is 6.77. The van der Waals surface area contributed by atoms with Crippen molar-refractivity contribution in [1.82, 2.24) is 0 Å². The molecule has 0 saturated heterocycles. The summed E-state index contributed by atoms with van der Waals surface area (Å²) in [5.41, 5.74) is 1.28. The van der Waals surface area contributed by atoms with Gasteiger partial charge in [-0.05, 0) is 34.9 Å². The molecule has 0 unspecified atom stereocenters. The second-order valence-corrected chi connectivity index (χ2v) is 4.49. The molecule has 0 amide bonds. The molecular formula is C11H12OS2. The highest BCUT2D eigenvalue weighted by molar-refractivity contribution is 7.80. The summed E-state index contributed by atoms with van der Waals surface area (Å²) < 4.78 is 6.57. The number of thiophene rings is 1. The Labute approximate surface area is 93.1 Å². The van der Waals surface area contributed by atoms with Crippen LogP contribution in [0.5, 0.6) is 5.75 Å². The molecule has 0 aliphatic rings. The molecule has 3 heteroatoms. The maximum absolute atomic E-state index is 5.30. The number of fused-ring (bicyclic) bond motifs is 1. The molecule has 0 bridgehead atoms. The zero-order chi connectivity index (χ0) is 10.1. The molecule has 1 aromatic carbocycles. The fourth-order valence-corrected chi connectivity index (χ4v) is 2.94. The van der Waals surface area contributed by atoms with Gasteiger partial charge in [-0.15, -0.1) is 24.0 Å². The van der Waals surface area contributed by atoms with Gasteiger partial charge in [0.05, 0.1) is 12.0 Å². The van der Waals surface area contributed by atoms with E-state index in [0.29, 0.717) is 0 Å². The number of hydrogen-bond acceptors (Lipinski definition) is 3. The number of methoxy groups -OCH3 is 1. The highest BCUT2D eigenvalue weighted by Gasteiger charge is 2.10. The van der Waals surface area contributed by atoms with Crippen molar-refractivity contribution >= 4 is 34.1 Å². The van der Waals surface area contributed by atoms with Crippen LogP contribution in [0.3, 0.4) is 0 Å². The van der Waals surface area contributed by atoms with E-state index < -0.39 is 0 Å². The number of thiol groups is 1. The van der Waals surface area contributed by atoms with Crippen LogP contribution >= 0.6 is 24.0 Å². The van der Waals surface area contributed by atoms with Gasteiger partial charge in [-0.3, -0.25) is 0 Å². The summed E-state index contributed by atoms with van der Waals surface area (Å²) >= 11 is 6.24. The van der Waals surface area contributed by atoms with E-state index in [0.717, 1.165) is 17.1 Å². The molecule has 0 spiro atoms. The van der Waals surface area contributed by atoms with Crippen LogP contribution in [0, 0.1) is 0 Å². The summed E-state index contributed by atoms with van der Waals surface area (Å²) in [7, 11) is 1.69. The van der Waals surface area contributed by atoms with Crippen LogP contribution in [0.15, 0.2) is 22.4 Å². The Bertz CT molecular complexity index is 460. The Morgan fingerprint density at radius 2 is 2.29 bits per heavy atom. The molecule has 0 aliphatic carbocycles. The van der Waals surface area contributed by atoms with Crippen LogP contribution in [-0.4, -0.2) is 7.11 Å². The lowest BCUT2D eigenvalue weighted by Gasteiger charge is -2.09. The van der Waals surface area contributed by atoms with E-state index in [-0.39, 0.29) is 0 Å². The molecule has 0 aliphatic heterocycles. The number of ether oxygens (including phenoxy) is 1. The summed E-state index contributed by atoms with van der Waals surface area (Å²) in [6.07, 6.45) is 0.989. The molecule has 0 atom stereocenters. The molecule has 1 heterocycles. The van der Waals surface area contributed by atoms with E-state index in [4.69, 9.17) is 4.74 Å². The number of hydrogen-bond donors (Lipinski definition) is 1. The first-order valence-corrected chi connectivity index (χ1v) is 5.86. The molecule has 0 radical (unpaired) electrons. The van der Waals surface area contributed by atoms with Crippen molar-refractivity contribution in [3.8, 4) is 5.75 Å². The van der Waals surface area contributed by atoms with Crippen molar-refractivity contribution in [2.75, 3.05) is 7.11 Å². The Hall–Kier alpha value is -0.670. The highest BCUT2D eigenvalue weighted by Crippen LogP contribution is 2.36. The van der Waals surface area contributed by atoms with Gasteiger partial charge in [0.15, 0.2) is 0 Å². The predicted molar refractivity (Wildman–Crippen MR) is 65.0 cm³/mol. The lowest BCUT2D eigenvalue weighted by atomic mass is 10.1. The average molecular weight is 224 g/mol. The van der Waals surface area contributed by atoms with Gasteiger partial charge in [0.2, 0.25) is 0 Å². The first-order valence-electron chi connectivity index (χ1n) is 4.54. The van der Waals surface area contributed by atoms with E-state index >= 15 is 0 Å². The van der Waals surface area contributed by atoms with Crippen LogP contribution in [0.25, 0.3) is 10.1 Å². The summed E-state index contributed by atoms with van der Waals surface area (Å²) in [4.78, 5) is 0.973. The van der Waals surface area contributed by atoms with E-state index in [1.54, 1.807) is 18.4 Å². The van der Waals surface area contributed by atoms with Crippen LogP contribution in [0.1, 0.15) is 12.5 Å². The summed E-state index contributed by atoms with van der Waals surface area (Å²) in [6, 6.07) is 4.21. The lowest BCUT2D eigenvalue weighted by molar-refractivity contribution is 0.405. The molecule has 2 rings (SSSR count). The van der Waals surface area contributed by atoms with Gasteiger partial charge in [0.25, 0.3) is 0 Å². The Morgan fingerprint density at radius 3 is 2.93 bits per heavy atom. The SMILES string of the molecule is CCc1c(S)c(OC)cc2sccc12. The average Bonchev–Trinajstić information content (AvgIpc) is 2.64. The predicted octanol–water partition coefficient (Wildman–Crippen LogP) is 3.76. The highest BCUT2D eigenvalue weighted by atomic mass is 32.1. The Balaban J connectivity index is 2.80. The third kappa shape index (κ3) is 1.41. The van der Waals surface area contributed by atoms with Crippen LogP contribution in [0.2, 0.25) is 0 Å². The molecule has 74 valence electrons. The normalized spacial score (nSPS) is 10.8. The van der Waals surface area contributed by atoms with Crippen LogP contribution in [0.4, 0.5) is 0 Å². The van der Waals surface area contributed by atoms with E-state index in [1.807, 2.05) is 0 Å². The minimum atomic E-state index is 0.875. The van der Waals surface area contributed by atoms with E-state index in [1.165, 1.54) is 15.6 Å². The smallest absolute Gasteiger partial charge is 0.133 e. The van der Waals surface area contributed by atoms with Gasteiger partial charge in [-0.2, -0.15) is 0 Å². The maximum atomic E-state index is 5.30. The van der Waals surface area contributed by atoms with Crippen molar-refractivity contribution in [2.24, 2.45) is 0 Å². The Morgan fingerprint density at radius 1 is 1.50 bits per heavy atom. The molecule has 1 aromatic heterocycles. The van der Waals surface area contributed by atoms with E-state index in [9.17, 15) is 0 Å². The van der Waals surface area contributed by atoms with Gasteiger partial charge in [-0.1, -0.05) is 6.92 Å². The van der Waals surface area contributed by atoms with Gasteiger partial charge < -0.3 is 4.74 Å². The number of rotatable bonds is 2. The van der Waals surface area contributed by atoms with Crippen molar-refractivity contribution in [3.63, 3.8) is 0 Å². The van der Waals surface area contributed by atoms with Crippen LogP contribution < -0.4 is 4.74 Å². The summed E-state index contributed by atoms with van der Waals surface area (Å²) in [6.45, 7) is 2.14. The Kier molecular flexibility index (Phi) is 2.70. The lowest BCUT2D eigenvalue weighted by Crippen LogP contribution is -1.90. The maximum Gasteiger partial charge on any atom is 0.133 e. The number of benzene rings is 1. The van der Waals surface area contributed by atoms with Crippen molar-refractivity contribution in [2.45, 2.75) is 18.2 Å². The van der Waals surface area contributed by atoms with Gasteiger partial charge in [0.1, 0.15) is 5.75 Å². The van der Waals surface area contributed by atoms with Crippen molar-refractivity contribution in [3.05, 3.63) is 23.1 Å². The second-order valence-electron chi connectivity index (χ2n) is 3.09. The third-order valence-corrected chi connectivity index (χ3v) is 3.73. The molecule has 2 aromatic rings. The van der Waals surface area contributed by atoms with Crippen molar-refractivity contribution < 1.29 is 4.74 Å². The molecule has 1 nitrogen and oxygen atoms in total. The zero-order valence-electron chi connectivity index (χ0n) is 8.20. The summed E-state index contributed by atoms with van der Waals surface area (Å²) in [5, 5.41) is 3.42. The number of aryl methyl sites for hydroxylation is 1. The first kappa shape index (κ1) is 9.87. The van der Waals surface area contributed by atoms with Gasteiger partial charge in [-0.25, -0.2) is 0 Å². The zero-order valence-corrected chi connectivity index (χ0v) is 9.91. The largest absolute Gasteiger partial charge is 0.496 e. The minimum Gasteiger partial charge on any atom is -0.496 e. The second kappa shape index (κ2) is 3.83. The monoisotopic (exact) mass is 224 g/mol. The third-order valence-electron chi connectivity index (χ3n) is 2.38. The van der Waals surface area contributed by atoms with Crippen molar-refractivity contribution in [1.29, 1.82) is 0 Å². The molecular weight excluding hydrogens is 212 g/mol. The molecule has 0 N–H and O–H groups in total. The molecule has 0 saturated carbocycles. The molecule has 0 fully saturated rings.